The first kappa shape index (κ1) is 47.5. The second-order valence-corrected chi connectivity index (χ2v) is 17.8. The summed E-state index contributed by atoms with van der Waals surface area (Å²) >= 11 is 0. The molecule has 4 aliphatic heterocycles. The van der Waals surface area contributed by atoms with Crippen molar-refractivity contribution in [1.82, 2.24) is 19.8 Å². The molecule has 65 heavy (non-hydrogen) atoms. The fourth-order valence-corrected chi connectivity index (χ4v) is 9.02. The maximum absolute atomic E-state index is 13.3. The van der Waals surface area contributed by atoms with Crippen LogP contribution in [-0.4, -0.2) is 83.6 Å². The molecule has 350 valence electrons. The smallest absolute Gasteiger partial charge is 0.416 e. The molecular weight excluding hydrogens is 857 g/mol. The Bertz CT molecular complexity index is 2370. The molecule has 2 aromatic carbocycles. The van der Waals surface area contributed by atoms with Crippen molar-refractivity contribution in [2.45, 2.75) is 117 Å². The minimum atomic E-state index is -4.47. The van der Waals surface area contributed by atoms with E-state index in [0.29, 0.717) is 54.5 Å². The van der Waals surface area contributed by atoms with Gasteiger partial charge in [-0.2, -0.15) is 26.3 Å². The monoisotopic (exact) mass is 911 g/mol. The summed E-state index contributed by atoms with van der Waals surface area (Å²) in [6, 6.07) is 10.9. The minimum Gasteiger partial charge on any atom is -0.439 e. The Morgan fingerprint density at radius 2 is 1.14 bits per heavy atom. The van der Waals surface area contributed by atoms with Gasteiger partial charge in [-0.3, -0.25) is 14.8 Å². The third-order valence-corrected chi connectivity index (χ3v) is 12.5. The summed E-state index contributed by atoms with van der Waals surface area (Å²) in [5, 5.41) is 0. The number of hydrogen-bond acceptors (Lipinski definition) is 9. The highest BCUT2D eigenvalue weighted by Crippen LogP contribution is 2.40. The van der Waals surface area contributed by atoms with Gasteiger partial charge in [-0.25, -0.2) is 14.6 Å². The van der Waals surface area contributed by atoms with E-state index in [9.17, 15) is 35.9 Å². The van der Waals surface area contributed by atoms with Gasteiger partial charge in [0.15, 0.2) is 0 Å². The second kappa shape index (κ2) is 19.2. The zero-order valence-electron chi connectivity index (χ0n) is 37.6. The van der Waals surface area contributed by atoms with Crippen molar-refractivity contribution in [3.63, 3.8) is 0 Å². The zero-order valence-corrected chi connectivity index (χ0v) is 37.6. The molecule has 2 amide bonds. The molecule has 8 rings (SSSR count). The Morgan fingerprint density at radius 3 is 1.63 bits per heavy atom. The lowest BCUT2D eigenvalue weighted by molar-refractivity contribution is -0.138. The summed E-state index contributed by atoms with van der Waals surface area (Å²) < 4.78 is 102. The standard InChI is InChI=1S/C24H28F3N3O3.C24H27F3N2O3/c1-14-7-17(10-19(9-14)24(25,26)27)21-16(3)30(23(31)33-21)12-18-8-15(2)11-28-22(18)29(4)20-5-6-32-13-20;1-14-6-18(10-20(8-14)24(25,26)27)22-16(3)29(23(30)32-22)12-19-7-15(2)11-28-21(19)9-17-4-5-31-13-17/h7-11,16,20-21H,5-6,12-13H2,1-4H3;6-8,10-11,16-17,22H,4-5,9,12-13H2,1-3H3/t16-,20?,21-;16-,17?,22-/m00/s1. The fraction of sp³-hybridized carbons (Fsp3) is 0.500. The third kappa shape index (κ3) is 11.0. The molecule has 11 nitrogen and oxygen atoms in total. The molecule has 4 saturated heterocycles. The maximum Gasteiger partial charge on any atom is 0.416 e. The van der Waals surface area contributed by atoms with Crippen molar-refractivity contribution in [3.05, 3.63) is 122 Å². The van der Waals surface area contributed by atoms with Crippen molar-refractivity contribution in [2.24, 2.45) is 5.92 Å². The molecule has 4 fully saturated rings. The van der Waals surface area contributed by atoms with Crippen LogP contribution in [0.3, 0.4) is 0 Å². The highest BCUT2D eigenvalue weighted by Gasteiger charge is 2.43. The number of benzene rings is 2. The summed E-state index contributed by atoms with van der Waals surface area (Å²) in [6.07, 6.45) is -5.34. The van der Waals surface area contributed by atoms with Crippen LogP contribution in [0.25, 0.3) is 0 Å². The van der Waals surface area contributed by atoms with Gasteiger partial charge in [0.2, 0.25) is 0 Å². The molecule has 17 heteroatoms. The zero-order chi connectivity index (χ0) is 47.0. The van der Waals surface area contributed by atoms with E-state index in [1.807, 2.05) is 39.2 Å². The van der Waals surface area contributed by atoms with Crippen LogP contribution in [0.2, 0.25) is 0 Å². The van der Waals surface area contributed by atoms with Gasteiger partial charge >= 0.3 is 24.5 Å². The van der Waals surface area contributed by atoms with Crippen LogP contribution in [0.15, 0.2) is 60.9 Å². The number of cyclic esters (lactones) is 2. The molecule has 6 heterocycles. The van der Waals surface area contributed by atoms with Crippen molar-refractivity contribution in [3.8, 4) is 0 Å². The topological polar surface area (TPSA) is 107 Å². The molecule has 0 bridgehead atoms. The predicted molar refractivity (Wildman–Crippen MR) is 229 cm³/mol. The van der Waals surface area contributed by atoms with E-state index in [-0.39, 0.29) is 12.6 Å². The average molecular weight is 912 g/mol. The number of pyridine rings is 2. The van der Waals surface area contributed by atoms with Crippen LogP contribution >= 0.6 is 0 Å². The first-order valence-corrected chi connectivity index (χ1v) is 21.8. The van der Waals surface area contributed by atoms with Gasteiger partial charge in [0.1, 0.15) is 18.0 Å². The first-order valence-electron chi connectivity index (χ1n) is 21.8. The number of likely N-dealkylation sites (N-methyl/N-ethyl adjacent to an activating group) is 1. The molecule has 0 aliphatic carbocycles. The van der Waals surface area contributed by atoms with Crippen molar-refractivity contribution < 1.29 is 54.9 Å². The molecule has 0 radical (unpaired) electrons. The fourth-order valence-electron chi connectivity index (χ4n) is 9.02. The molecular formula is C48H55F6N5O6. The van der Waals surface area contributed by atoms with Gasteiger partial charge in [0.05, 0.1) is 48.9 Å². The Morgan fingerprint density at radius 1 is 0.646 bits per heavy atom. The van der Waals surface area contributed by atoms with Crippen LogP contribution in [0.5, 0.6) is 0 Å². The van der Waals surface area contributed by atoms with E-state index in [2.05, 4.69) is 14.9 Å². The lowest BCUT2D eigenvalue weighted by Gasteiger charge is -2.28. The molecule has 0 N–H and O–H groups in total. The number of rotatable bonds is 10. The van der Waals surface area contributed by atoms with E-state index in [0.717, 1.165) is 83.9 Å². The Balaban J connectivity index is 0.000000194. The van der Waals surface area contributed by atoms with Crippen LogP contribution < -0.4 is 4.90 Å². The maximum atomic E-state index is 13.3. The molecule has 0 saturated carbocycles. The van der Waals surface area contributed by atoms with Crippen molar-refractivity contribution in [2.75, 3.05) is 38.4 Å². The van der Waals surface area contributed by atoms with E-state index < -0.39 is 60.0 Å². The number of aryl methyl sites for hydroxylation is 4. The number of alkyl halides is 6. The average Bonchev–Trinajstić information content (AvgIpc) is 4.06. The predicted octanol–water partition coefficient (Wildman–Crippen LogP) is 10.4. The van der Waals surface area contributed by atoms with Crippen molar-refractivity contribution in [1.29, 1.82) is 0 Å². The van der Waals surface area contributed by atoms with Crippen molar-refractivity contribution >= 4 is 18.0 Å². The quantitative estimate of drug-likeness (QED) is 0.144. The van der Waals surface area contributed by atoms with Gasteiger partial charge in [-0.05, 0) is 125 Å². The number of amides is 2. The van der Waals surface area contributed by atoms with E-state index in [1.165, 1.54) is 0 Å². The summed E-state index contributed by atoms with van der Waals surface area (Å²) in [6.45, 7) is 14.0. The van der Waals surface area contributed by atoms with Crippen LogP contribution in [0, 0.1) is 33.6 Å². The van der Waals surface area contributed by atoms with Gasteiger partial charge in [-0.1, -0.05) is 29.3 Å². The largest absolute Gasteiger partial charge is 0.439 e. The molecule has 2 unspecified atom stereocenters. The first-order chi connectivity index (χ1) is 30.7. The lowest BCUT2D eigenvalue weighted by Crippen LogP contribution is -2.35. The number of halogens is 6. The molecule has 2 aromatic heterocycles. The number of aromatic nitrogens is 2. The van der Waals surface area contributed by atoms with Gasteiger partial charge < -0.3 is 23.8 Å². The van der Waals surface area contributed by atoms with E-state index >= 15 is 0 Å². The highest BCUT2D eigenvalue weighted by molar-refractivity contribution is 5.72. The van der Waals surface area contributed by atoms with E-state index in [4.69, 9.17) is 18.9 Å². The van der Waals surface area contributed by atoms with Crippen LogP contribution in [0.1, 0.15) is 100 Å². The Hall–Kier alpha value is -5.42. The summed E-state index contributed by atoms with van der Waals surface area (Å²) in [4.78, 5) is 39.9. The number of carbonyl (C=O) groups excluding carboxylic acids is 2. The summed E-state index contributed by atoms with van der Waals surface area (Å²) in [7, 11) is 1.96. The Labute approximate surface area is 375 Å². The number of ether oxygens (including phenoxy) is 4. The SMILES string of the molecule is Cc1cc([C@H]2OC(=O)N(Cc3cc(C)cnc3CC3CCOC3)[C@H]2C)cc(C(F)(F)F)c1.Cc1cc([C@H]2OC(=O)N(Cc3cc(C)cnc3N(C)C3CCOC3)[C@H]2C)cc(C(F)(F)F)c1. The molecule has 4 aliphatic rings. The second-order valence-electron chi connectivity index (χ2n) is 17.8. The third-order valence-electron chi connectivity index (χ3n) is 12.5. The molecule has 6 atom stereocenters. The lowest BCUT2D eigenvalue weighted by atomic mass is 9.96. The number of hydrogen-bond donors (Lipinski definition) is 0. The number of nitrogens with zero attached hydrogens (tertiary/aromatic N) is 5. The van der Waals surface area contributed by atoms with Gasteiger partial charge in [0, 0.05) is 50.5 Å². The molecule has 0 spiro atoms. The normalized spacial score (nSPS) is 23.4. The van der Waals surface area contributed by atoms with Gasteiger partial charge in [-0.15, -0.1) is 0 Å². The summed E-state index contributed by atoms with van der Waals surface area (Å²) in [5.74, 6) is 1.15. The molecule has 4 aromatic rings. The van der Waals surface area contributed by atoms with E-state index in [1.54, 1.807) is 55.8 Å². The number of anilines is 1. The highest BCUT2D eigenvalue weighted by atomic mass is 19.4. The van der Waals surface area contributed by atoms with Gasteiger partial charge in [0.25, 0.3) is 0 Å². The summed E-state index contributed by atoms with van der Waals surface area (Å²) in [5.41, 5.74) is 4.79. The number of carbonyl (C=O) groups is 2. The minimum absolute atomic E-state index is 0.197. The Kier molecular flexibility index (Phi) is 14.0. The van der Waals surface area contributed by atoms with Crippen LogP contribution in [-0.2, 0) is 50.8 Å². The van der Waals surface area contributed by atoms with Crippen LogP contribution in [0.4, 0.5) is 41.7 Å².